The van der Waals surface area contributed by atoms with Crippen LogP contribution in [-0.4, -0.2) is 59.0 Å². The molecule has 0 fully saturated rings. The largest absolute Gasteiger partial charge is 0.453 e. The average molecular weight is 565 g/mol. The summed E-state index contributed by atoms with van der Waals surface area (Å²) in [5, 5.41) is 15.9. The maximum atomic E-state index is 14.1. The topological polar surface area (TPSA) is 106 Å². The molecule has 0 aliphatic heterocycles. The van der Waals surface area contributed by atoms with Gasteiger partial charge in [0.05, 0.1) is 28.6 Å². The van der Waals surface area contributed by atoms with E-state index in [1.165, 1.54) is 35.5 Å². The first-order valence-corrected chi connectivity index (χ1v) is 13.9. The van der Waals surface area contributed by atoms with Gasteiger partial charge in [0.2, 0.25) is 5.91 Å². The van der Waals surface area contributed by atoms with Gasteiger partial charge < -0.3 is 9.64 Å². The Morgan fingerprint density at radius 1 is 0.949 bits per heavy atom. The van der Waals surface area contributed by atoms with Gasteiger partial charge in [-0.1, -0.05) is 48.5 Å². The molecule has 0 radical (unpaired) electrons. The molecule has 39 heavy (non-hydrogen) atoms. The first-order valence-electron chi connectivity index (χ1n) is 12.1. The minimum atomic E-state index is -0.820. The Kier molecular flexibility index (Phi) is 9.05. The number of amides is 2. The number of thiazole rings is 1. The van der Waals surface area contributed by atoms with Gasteiger partial charge in [0.1, 0.15) is 11.0 Å². The molecule has 4 aromatic rings. The van der Waals surface area contributed by atoms with Gasteiger partial charge >= 0.3 is 6.09 Å². The lowest BCUT2D eigenvalue weighted by Crippen LogP contribution is -2.50. The standard InChI is InChI=1S/C28H28N4O5S2/c1-30(27(33)24(31(2)28(34)37-3)17-19-8-5-4-6-9-19)23(16-20-11-13-21(14-12-20)32(35)36)22-18-39-26(29-22)25-10-7-15-38-25/h4-15,18,23-24H,16-17H2,1-3H3/t23-,24-/m0/s1. The van der Waals surface area contributed by atoms with Gasteiger partial charge in [-0.3, -0.25) is 19.8 Å². The molecule has 0 bridgehead atoms. The fourth-order valence-corrected chi connectivity index (χ4v) is 5.94. The Morgan fingerprint density at radius 3 is 2.26 bits per heavy atom. The second-order valence-electron chi connectivity index (χ2n) is 8.93. The molecular formula is C28H28N4O5S2. The highest BCUT2D eigenvalue weighted by molar-refractivity contribution is 7.20. The van der Waals surface area contributed by atoms with Crippen molar-refractivity contribution in [3.63, 3.8) is 0 Å². The molecule has 0 aliphatic carbocycles. The van der Waals surface area contributed by atoms with E-state index in [-0.39, 0.29) is 11.6 Å². The van der Waals surface area contributed by atoms with Crippen molar-refractivity contribution in [2.24, 2.45) is 0 Å². The fraction of sp³-hybridized carbons (Fsp3) is 0.250. The van der Waals surface area contributed by atoms with E-state index in [1.807, 2.05) is 53.2 Å². The van der Waals surface area contributed by atoms with Crippen LogP contribution in [0.4, 0.5) is 10.5 Å². The SMILES string of the molecule is COC(=O)N(C)[C@@H](Cc1ccccc1)C(=O)N(C)[C@@H](Cc1ccc([N+](=O)[O-])cc1)c1csc(-c2cccs2)n1. The van der Waals surface area contributed by atoms with Gasteiger partial charge in [0.15, 0.2) is 0 Å². The van der Waals surface area contributed by atoms with Crippen LogP contribution in [0.3, 0.4) is 0 Å². The smallest absolute Gasteiger partial charge is 0.409 e. The molecule has 0 N–H and O–H groups in total. The van der Waals surface area contributed by atoms with Gasteiger partial charge in [0.25, 0.3) is 5.69 Å². The maximum absolute atomic E-state index is 14.1. The quantitative estimate of drug-likeness (QED) is 0.177. The summed E-state index contributed by atoms with van der Waals surface area (Å²) in [7, 11) is 4.53. The second-order valence-corrected chi connectivity index (χ2v) is 10.7. The number of aromatic nitrogens is 1. The zero-order chi connectivity index (χ0) is 27.9. The number of methoxy groups -OCH3 is 1. The van der Waals surface area contributed by atoms with Gasteiger partial charge in [0, 0.05) is 38.0 Å². The number of hydrogen-bond donors (Lipinski definition) is 0. The molecule has 4 rings (SSSR count). The number of likely N-dealkylation sites (N-methyl/N-ethyl adjacent to an activating group) is 2. The van der Waals surface area contributed by atoms with Crippen LogP contribution in [0.1, 0.15) is 22.9 Å². The summed E-state index contributed by atoms with van der Waals surface area (Å²) in [6, 6.07) is 18.4. The Bertz CT molecular complexity index is 1410. The number of nitrogens with zero attached hydrogens (tertiary/aromatic N) is 4. The number of nitro groups is 1. The van der Waals surface area contributed by atoms with Crippen molar-refractivity contribution in [2.45, 2.75) is 24.9 Å². The average Bonchev–Trinajstić information content (AvgIpc) is 3.67. The number of rotatable bonds is 10. The van der Waals surface area contributed by atoms with Gasteiger partial charge in [-0.15, -0.1) is 22.7 Å². The summed E-state index contributed by atoms with van der Waals surface area (Å²) in [4.78, 5) is 46.1. The van der Waals surface area contributed by atoms with Crippen LogP contribution >= 0.6 is 22.7 Å². The Balaban J connectivity index is 1.68. The predicted molar refractivity (Wildman–Crippen MR) is 152 cm³/mol. The highest BCUT2D eigenvalue weighted by Gasteiger charge is 2.34. The fourth-order valence-electron chi connectivity index (χ4n) is 4.26. The maximum Gasteiger partial charge on any atom is 0.409 e. The Hall–Kier alpha value is -4.09. The van der Waals surface area contributed by atoms with E-state index >= 15 is 0 Å². The molecule has 2 aromatic carbocycles. The number of non-ortho nitro benzene ring substituents is 1. The van der Waals surface area contributed by atoms with Crippen molar-refractivity contribution >= 4 is 40.4 Å². The number of benzene rings is 2. The van der Waals surface area contributed by atoms with Crippen LogP contribution in [-0.2, 0) is 22.4 Å². The molecule has 202 valence electrons. The molecule has 0 aliphatic rings. The highest BCUT2D eigenvalue weighted by Crippen LogP contribution is 2.33. The van der Waals surface area contributed by atoms with E-state index in [2.05, 4.69) is 0 Å². The van der Waals surface area contributed by atoms with E-state index in [1.54, 1.807) is 42.5 Å². The Morgan fingerprint density at radius 2 is 1.64 bits per heavy atom. The second kappa shape index (κ2) is 12.6. The summed E-state index contributed by atoms with van der Waals surface area (Å²) < 4.78 is 4.93. The summed E-state index contributed by atoms with van der Waals surface area (Å²) in [5.74, 6) is -0.274. The van der Waals surface area contributed by atoms with Crippen molar-refractivity contribution in [3.8, 4) is 9.88 Å². The molecule has 0 saturated carbocycles. The Labute approximate surface area is 234 Å². The third-order valence-electron chi connectivity index (χ3n) is 6.47. The van der Waals surface area contributed by atoms with Crippen molar-refractivity contribution < 1.29 is 19.2 Å². The van der Waals surface area contributed by atoms with Crippen LogP contribution in [0.2, 0.25) is 0 Å². The van der Waals surface area contributed by atoms with E-state index < -0.39 is 23.1 Å². The van der Waals surface area contributed by atoms with Gasteiger partial charge in [-0.2, -0.15) is 0 Å². The van der Waals surface area contributed by atoms with Crippen LogP contribution in [0.15, 0.2) is 77.5 Å². The zero-order valence-electron chi connectivity index (χ0n) is 21.7. The van der Waals surface area contributed by atoms with Crippen LogP contribution in [0.5, 0.6) is 0 Å². The molecular weight excluding hydrogens is 536 g/mol. The zero-order valence-corrected chi connectivity index (χ0v) is 23.4. The van der Waals surface area contributed by atoms with E-state index in [9.17, 15) is 19.7 Å². The lowest BCUT2D eigenvalue weighted by molar-refractivity contribution is -0.384. The van der Waals surface area contributed by atoms with Crippen LogP contribution < -0.4 is 0 Å². The molecule has 0 unspecified atom stereocenters. The van der Waals surface area contributed by atoms with Crippen LogP contribution in [0, 0.1) is 10.1 Å². The van der Waals surface area contributed by atoms with Crippen LogP contribution in [0.25, 0.3) is 9.88 Å². The van der Waals surface area contributed by atoms with Crippen molar-refractivity contribution in [1.82, 2.24) is 14.8 Å². The lowest BCUT2D eigenvalue weighted by Gasteiger charge is -2.34. The summed E-state index contributed by atoms with van der Waals surface area (Å²) in [6.07, 6.45) is 0.0730. The van der Waals surface area contributed by atoms with Gasteiger partial charge in [-0.05, 0) is 29.0 Å². The normalized spacial score (nSPS) is 12.4. The number of carbonyl (C=O) groups excluding carboxylic acids is 2. The number of thiophene rings is 1. The third-order valence-corrected chi connectivity index (χ3v) is 8.37. The third kappa shape index (κ3) is 6.68. The molecule has 2 atom stereocenters. The predicted octanol–water partition coefficient (Wildman–Crippen LogP) is 5.83. The number of ether oxygens (including phenoxy) is 1. The first-order chi connectivity index (χ1) is 18.8. The molecule has 11 heteroatoms. The van der Waals surface area contributed by atoms with Gasteiger partial charge in [-0.25, -0.2) is 9.78 Å². The minimum Gasteiger partial charge on any atom is -0.453 e. The van der Waals surface area contributed by atoms with Crippen molar-refractivity contribution in [1.29, 1.82) is 0 Å². The van der Waals surface area contributed by atoms with Crippen molar-refractivity contribution in [2.75, 3.05) is 21.2 Å². The minimum absolute atomic E-state index is 0.00370. The number of carbonyl (C=O) groups is 2. The molecule has 2 heterocycles. The monoisotopic (exact) mass is 564 g/mol. The number of nitro benzene ring substituents is 1. The molecule has 9 nitrogen and oxygen atoms in total. The summed E-state index contributed by atoms with van der Waals surface area (Å²) in [5.41, 5.74) is 2.42. The molecule has 2 aromatic heterocycles. The van der Waals surface area contributed by atoms with Crippen molar-refractivity contribution in [3.05, 3.63) is 104 Å². The molecule has 0 spiro atoms. The van der Waals surface area contributed by atoms with E-state index in [0.29, 0.717) is 18.5 Å². The van der Waals surface area contributed by atoms with E-state index in [4.69, 9.17) is 9.72 Å². The molecule has 2 amide bonds. The highest BCUT2D eigenvalue weighted by atomic mass is 32.1. The lowest BCUT2D eigenvalue weighted by atomic mass is 9.99. The molecule has 0 saturated heterocycles. The number of hydrogen-bond acceptors (Lipinski definition) is 8. The summed E-state index contributed by atoms with van der Waals surface area (Å²) in [6.45, 7) is 0. The van der Waals surface area contributed by atoms with E-state index in [0.717, 1.165) is 21.0 Å². The first kappa shape index (κ1) is 27.9. The summed E-state index contributed by atoms with van der Waals surface area (Å²) >= 11 is 3.08.